The van der Waals surface area contributed by atoms with E-state index in [0.29, 0.717) is 12.2 Å². The van der Waals surface area contributed by atoms with Crippen LogP contribution < -0.4 is 0 Å². The molecule has 3 atom stereocenters. The van der Waals surface area contributed by atoms with Crippen LogP contribution in [0.3, 0.4) is 0 Å². The highest BCUT2D eigenvalue weighted by atomic mass is 16.6. The van der Waals surface area contributed by atoms with Gasteiger partial charge in [0.25, 0.3) is 0 Å². The number of rotatable bonds is 1. The molecule has 1 aromatic rings. The normalized spacial score (nSPS) is 50.3. The first-order valence-corrected chi connectivity index (χ1v) is 4.54. The first kappa shape index (κ1) is 5.78. The maximum absolute atomic E-state index is 8.19. The minimum Gasteiger partial charge on any atom is -0.372 e. The molecule has 13 heavy (non-hydrogen) atoms. The molecule has 0 N–H and O–H groups in total. The van der Waals surface area contributed by atoms with E-state index in [1.54, 1.807) is 12.1 Å². The van der Waals surface area contributed by atoms with Crippen molar-refractivity contribution in [2.24, 2.45) is 0 Å². The molecule has 2 heteroatoms. The van der Waals surface area contributed by atoms with Gasteiger partial charge in [-0.3, -0.25) is 0 Å². The van der Waals surface area contributed by atoms with E-state index in [1.807, 2.05) is 18.2 Å². The van der Waals surface area contributed by atoms with Gasteiger partial charge < -0.3 is 9.47 Å². The summed E-state index contributed by atoms with van der Waals surface area (Å²) in [6, 6.07) is 9.19. The van der Waals surface area contributed by atoms with E-state index in [0.717, 1.165) is 6.42 Å². The molecule has 0 amide bonds. The summed E-state index contributed by atoms with van der Waals surface area (Å²) in [6.07, 6.45) is -2.09. The fraction of sp³-hybridized carbons (Fsp3) is 0.455. The molecule has 2 heterocycles. The summed E-state index contributed by atoms with van der Waals surface area (Å²) >= 11 is 0. The molecule has 2 nitrogen and oxygen atoms in total. The highest BCUT2D eigenvalue weighted by molar-refractivity contribution is 5.22. The Bertz CT molecular complexity index is 383. The number of fused-ring (bicyclic) bond motifs is 1. The lowest BCUT2D eigenvalue weighted by Crippen LogP contribution is -2.44. The Morgan fingerprint density at radius 3 is 2.92 bits per heavy atom. The van der Waals surface area contributed by atoms with Crippen molar-refractivity contribution in [2.75, 3.05) is 6.61 Å². The minimum absolute atomic E-state index is 0.241. The molecular formula is C11H12O2. The molecule has 1 aromatic carbocycles. The Morgan fingerprint density at radius 1 is 1.31 bits per heavy atom. The lowest BCUT2D eigenvalue weighted by molar-refractivity contribution is -0.202. The van der Waals surface area contributed by atoms with Gasteiger partial charge in [-0.15, -0.1) is 0 Å². The molecule has 0 radical (unpaired) electrons. The number of ether oxygens (including phenoxy) is 2. The third-order valence-electron chi connectivity index (χ3n) is 2.45. The SMILES string of the molecule is [2H][C@]12OCC[C@H]1O[C@]2([2H])c1ccccc1. The largest absolute Gasteiger partial charge is 0.372 e. The van der Waals surface area contributed by atoms with Gasteiger partial charge in [0.05, 0.1) is 8.85 Å². The van der Waals surface area contributed by atoms with E-state index >= 15 is 0 Å². The molecule has 2 aliphatic rings. The van der Waals surface area contributed by atoms with Crippen molar-refractivity contribution in [1.29, 1.82) is 0 Å². The van der Waals surface area contributed by atoms with Crippen molar-refractivity contribution in [3.05, 3.63) is 35.9 Å². The summed E-state index contributed by atoms with van der Waals surface area (Å²) in [6.45, 7) is 0.516. The molecule has 3 rings (SSSR count). The summed E-state index contributed by atoms with van der Waals surface area (Å²) in [7, 11) is 0. The van der Waals surface area contributed by atoms with Gasteiger partial charge in [0.15, 0.2) is 0 Å². The Balaban J connectivity index is 2.00. The fourth-order valence-electron chi connectivity index (χ4n) is 1.77. The van der Waals surface area contributed by atoms with Crippen molar-refractivity contribution in [1.82, 2.24) is 0 Å². The van der Waals surface area contributed by atoms with Crippen LogP contribution in [0.5, 0.6) is 0 Å². The van der Waals surface area contributed by atoms with Crippen molar-refractivity contribution in [3.8, 4) is 0 Å². The van der Waals surface area contributed by atoms with Crippen molar-refractivity contribution >= 4 is 0 Å². The first-order valence-electron chi connectivity index (χ1n) is 5.54. The molecule has 0 spiro atoms. The summed E-state index contributed by atoms with van der Waals surface area (Å²) < 4.78 is 27.2. The quantitative estimate of drug-likeness (QED) is 0.654. The Hall–Kier alpha value is -0.860. The maximum Gasteiger partial charge on any atom is 0.114 e. The highest BCUT2D eigenvalue weighted by Crippen LogP contribution is 2.42. The van der Waals surface area contributed by atoms with Crippen molar-refractivity contribution < 1.29 is 12.2 Å². The zero-order valence-corrected chi connectivity index (χ0v) is 7.19. The van der Waals surface area contributed by atoms with Crippen LogP contribution in [-0.4, -0.2) is 18.8 Å². The van der Waals surface area contributed by atoms with E-state index in [9.17, 15) is 0 Å². The molecule has 2 saturated heterocycles. The summed E-state index contributed by atoms with van der Waals surface area (Å²) in [5.41, 5.74) is 0.693. The molecule has 0 saturated carbocycles. The summed E-state index contributed by atoms with van der Waals surface area (Å²) in [4.78, 5) is 0. The van der Waals surface area contributed by atoms with Gasteiger partial charge in [-0.05, 0) is 12.0 Å². The van der Waals surface area contributed by atoms with Gasteiger partial charge in [-0.1, -0.05) is 30.3 Å². The van der Waals surface area contributed by atoms with E-state index in [-0.39, 0.29) is 6.10 Å². The molecule has 0 bridgehead atoms. The Morgan fingerprint density at radius 2 is 2.15 bits per heavy atom. The van der Waals surface area contributed by atoms with Crippen LogP contribution in [0.25, 0.3) is 0 Å². The number of benzene rings is 1. The molecular weight excluding hydrogens is 164 g/mol. The van der Waals surface area contributed by atoms with Crippen LogP contribution in [0.15, 0.2) is 30.3 Å². The third-order valence-corrected chi connectivity index (χ3v) is 2.45. The fourth-order valence-corrected chi connectivity index (χ4v) is 1.77. The van der Waals surface area contributed by atoms with Crippen molar-refractivity contribution in [3.63, 3.8) is 0 Å². The molecule has 2 aliphatic heterocycles. The highest BCUT2D eigenvalue weighted by Gasteiger charge is 2.47. The second kappa shape index (κ2) is 2.82. The second-order valence-corrected chi connectivity index (χ2v) is 3.30. The molecule has 2 fully saturated rings. The second-order valence-electron chi connectivity index (χ2n) is 3.30. The van der Waals surface area contributed by atoms with Gasteiger partial charge in [-0.2, -0.15) is 0 Å². The monoisotopic (exact) mass is 178 g/mol. The van der Waals surface area contributed by atoms with Gasteiger partial charge in [0.1, 0.15) is 12.2 Å². The first-order chi connectivity index (χ1) is 7.17. The standard InChI is InChI=1S/C11H12O2/c1-2-4-8(5-3-1)10-11-9(13-10)6-7-12-11/h1-5,9-11H,6-7H2/t9-,10-,11+/m1/s1/i10D,11D. The van der Waals surface area contributed by atoms with Crippen LogP contribution >= 0.6 is 0 Å². The zero-order valence-electron chi connectivity index (χ0n) is 9.19. The lowest BCUT2D eigenvalue weighted by Gasteiger charge is -2.39. The average Bonchev–Trinajstić information content (AvgIpc) is 2.58. The van der Waals surface area contributed by atoms with Gasteiger partial charge >= 0.3 is 0 Å². The van der Waals surface area contributed by atoms with E-state index in [1.165, 1.54) is 0 Å². The predicted molar refractivity (Wildman–Crippen MR) is 48.4 cm³/mol. The summed E-state index contributed by atoms with van der Waals surface area (Å²) in [5.74, 6) is 0. The third kappa shape index (κ3) is 1.10. The van der Waals surface area contributed by atoms with Gasteiger partial charge in [0, 0.05) is 6.61 Å². The minimum atomic E-state index is -1.35. The van der Waals surface area contributed by atoms with E-state index < -0.39 is 12.2 Å². The number of hydrogen-bond acceptors (Lipinski definition) is 2. The topological polar surface area (TPSA) is 18.5 Å². The van der Waals surface area contributed by atoms with Crippen LogP contribution in [0, 0.1) is 0 Å². The van der Waals surface area contributed by atoms with Crippen LogP contribution in [0.1, 0.15) is 20.8 Å². The van der Waals surface area contributed by atoms with E-state index in [2.05, 4.69) is 0 Å². The maximum atomic E-state index is 8.19. The summed E-state index contributed by atoms with van der Waals surface area (Å²) in [5, 5.41) is 0. The molecule has 0 aliphatic carbocycles. The van der Waals surface area contributed by atoms with Crippen molar-refractivity contribution in [2.45, 2.75) is 24.7 Å². The lowest BCUT2D eigenvalue weighted by atomic mass is 9.94. The molecule has 0 unspecified atom stereocenters. The van der Waals surface area contributed by atoms with Crippen LogP contribution in [-0.2, 0) is 9.47 Å². The van der Waals surface area contributed by atoms with Crippen LogP contribution in [0.4, 0.5) is 0 Å². The molecule has 68 valence electrons. The Kier molecular flexibility index (Phi) is 1.26. The zero-order chi connectivity index (χ0) is 10.5. The molecule has 0 aromatic heterocycles. The van der Waals surface area contributed by atoms with Gasteiger partial charge in [0.2, 0.25) is 0 Å². The van der Waals surface area contributed by atoms with Gasteiger partial charge in [-0.25, -0.2) is 0 Å². The smallest absolute Gasteiger partial charge is 0.114 e. The van der Waals surface area contributed by atoms with Crippen LogP contribution in [0.2, 0.25) is 0 Å². The average molecular weight is 178 g/mol. The van der Waals surface area contributed by atoms with E-state index in [4.69, 9.17) is 12.2 Å². The number of hydrogen-bond donors (Lipinski definition) is 0. The predicted octanol–water partition coefficient (Wildman–Crippen LogP) is 1.92. The Labute approximate surface area is 80.3 Å².